The third kappa shape index (κ3) is 2.99. The second-order valence-corrected chi connectivity index (χ2v) is 4.38. The first-order valence-electron chi connectivity index (χ1n) is 5.78. The number of nitrogens with one attached hydrogen (secondary N) is 1. The minimum Gasteiger partial charge on any atom is -0.314 e. The van der Waals surface area contributed by atoms with Gasteiger partial charge >= 0.3 is 0 Å². The highest BCUT2D eigenvalue weighted by atomic mass is 14.9. The first-order valence-corrected chi connectivity index (χ1v) is 5.78. The van der Waals surface area contributed by atoms with Crippen LogP contribution in [0.25, 0.3) is 0 Å². The molecule has 0 aliphatic carbocycles. The van der Waals surface area contributed by atoms with E-state index in [1.54, 1.807) is 0 Å². The maximum Gasteiger partial charge on any atom is 0.125 e. The third-order valence-electron chi connectivity index (χ3n) is 2.93. The van der Waals surface area contributed by atoms with Gasteiger partial charge in [-0.05, 0) is 52.1 Å². The van der Waals surface area contributed by atoms with Crippen molar-refractivity contribution in [2.75, 3.05) is 6.54 Å². The quantitative estimate of drug-likeness (QED) is 0.817. The van der Waals surface area contributed by atoms with E-state index in [0.29, 0.717) is 6.04 Å². The predicted molar refractivity (Wildman–Crippen MR) is 60.9 cm³/mol. The average molecular weight is 205 g/mol. The van der Waals surface area contributed by atoms with E-state index >= 15 is 0 Å². The molecule has 3 heteroatoms. The summed E-state index contributed by atoms with van der Waals surface area (Å²) in [4.78, 5) is 8.74. The zero-order valence-electron chi connectivity index (χ0n) is 9.58. The molecule has 0 amide bonds. The van der Waals surface area contributed by atoms with Gasteiger partial charge in [0.05, 0.1) is 0 Å². The zero-order valence-corrected chi connectivity index (χ0v) is 9.58. The van der Waals surface area contributed by atoms with Gasteiger partial charge < -0.3 is 5.32 Å². The SMILES string of the molecule is Cc1cc(CCC2CCCN2)nc(C)n1. The van der Waals surface area contributed by atoms with E-state index in [4.69, 9.17) is 0 Å². The van der Waals surface area contributed by atoms with Crippen molar-refractivity contribution in [3.05, 3.63) is 23.3 Å². The topological polar surface area (TPSA) is 37.8 Å². The minimum absolute atomic E-state index is 0.709. The Hall–Kier alpha value is -0.960. The first-order chi connectivity index (χ1) is 7.24. The van der Waals surface area contributed by atoms with Crippen molar-refractivity contribution in [1.29, 1.82) is 0 Å². The van der Waals surface area contributed by atoms with E-state index in [1.165, 1.54) is 31.5 Å². The highest BCUT2D eigenvalue weighted by Crippen LogP contribution is 2.12. The molecule has 0 saturated carbocycles. The average Bonchev–Trinajstić information content (AvgIpc) is 2.65. The van der Waals surface area contributed by atoms with Crippen LogP contribution in [0.15, 0.2) is 6.07 Å². The van der Waals surface area contributed by atoms with Crippen LogP contribution < -0.4 is 5.32 Å². The van der Waals surface area contributed by atoms with Crippen LogP contribution in [0.5, 0.6) is 0 Å². The highest BCUT2D eigenvalue weighted by Gasteiger charge is 2.13. The Labute approximate surface area is 91.3 Å². The fraction of sp³-hybridized carbons (Fsp3) is 0.667. The molecule has 1 N–H and O–H groups in total. The van der Waals surface area contributed by atoms with E-state index < -0.39 is 0 Å². The Morgan fingerprint density at radius 2 is 2.27 bits per heavy atom. The van der Waals surface area contributed by atoms with Crippen molar-refractivity contribution in [2.24, 2.45) is 0 Å². The molecule has 1 aromatic rings. The molecular formula is C12H19N3. The van der Waals surface area contributed by atoms with Crippen LogP contribution in [0.4, 0.5) is 0 Å². The van der Waals surface area contributed by atoms with Crippen LogP contribution in [-0.4, -0.2) is 22.6 Å². The van der Waals surface area contributed by atoms with Gasteiger partial charge in [-0.15, -0.1) is 0 Å². The first kappa shape index (κ1) is 10.6. The van der Waals surface area contributed by atoms with Crippen molar-refractivity contribution >= 4 is 0 Å². The molecule has 15 heavy (non-hydrogen) atoms. The molecule has 0 aromatic carbocycles. The van der Waals surface area contributed by atoms with Gasteiger partial charge in [0.1, 0.15) is 5.82 Å². The third-order valence-corrected chi connectivity index (χ3v) is 2.93. The predicted octanol–water partition coefficient (Wildman–Crippen LogP) is 1.78. The van der Waals surface area contributed by atoms with Gasteiger partial charge in [-0.2, -0.15) is 0 Å². The van der Waals surface area contributed by atoms with Crippen molar-refractivity contribution in [3.63, 3.8) is 0 Å². The molecule has 1 saturated heterocycles. The van der Waals surface area contributed by atoms with E-state index in [2.05, 4.69) is 21.4 Å². The number of aromatic nitrogens is 2. The summed E-state index contributed by atoms with van der Waals surface area (Å²) in [5.41, 5.74) is 2.27. The molecule has 1 aromatic heterocycles. The summed E-state index contributed by atoms with van der Waals surface area (Å²) in [5, 5.41) is 3.51. The van der Waals surface area contributed by atoms with Crippen LogP contribution in [0.1, 0.15) is 36.5 Å². The summed E-state index contributed by atoms with van der Waals surface area (Å²) in [6.07, 6.45) is 4.92. The van der Waals surface area contributed by atoms with Gasteiger partial charge in [0.25, 0.3) is 0 Å². The van der Waals surface area contributed by atoms with Gasteiger partial charge in [-0.3, -0.25) is 0 Å². The van der Waals surface area contributed by atoms with Crippen LogP contribution >= 0.6 is 0 Å². The molecule has 1 unspecified atom stereocenters. The number of aryl methyl sites for hydroxylation is 3. The van der Waals surface area contributed by atoms with Crippen molar-refractivity contribution in [2.45, 2.75) is 45.6 Å². The normalized spacial score (nSPS) is 20.8. The Bertz CT molecular complexity index is 309. The largest absolute Gasteiger partial charge is 0.314 e. The molecule has 0 spiro atoms. The summed E-state index contributed by atoms with van der Waals surface area (Å²) >= 11 is 0. The fourth-order valence-corrected chi connectivity index (χ4v) is 2.25. The molecule has 3 nitrogen and oxygen atoms in total. The number of rotatable bonds is 3. The molecule has 0 radical (unpaired) electrons. The Morgan fingerprint density at radius 1 is 1.40 bits per heavy atom. The molecule has 1 aliphatic rings. The smallest absolute Gasteiger partial charge is 0.125 e. The summed E-state index contributed by atoms with van der Waals surface area (Å²) in [5.74, 6) is 0.893. The van der Waals surface area contributed by atoms with Gasteiger partial charge in [-0.25, -0.2) is 9.97 Å². The maximum absolute atomic E-state index is 4.46. The number of nitrogens with zero attached hydrogens (tertiary/aromatic N) is 2. The lowest BCUT2D eigenvalue weighted by Gasteiger charge is -2.09. The van der Waals surface area contributed by atoms with Gasteiger partial charge in [-0.1, -0.05) is 0 Å². The van der Waals surface area contributed by atoms with E-state index in [-0.39, 0.29) is 0 Å². The van der Waals surface area contributed by atoms with Crippen molar-refractivity contribution < 1.29 is 0 Å². The molecule has 1 aliphatic heterocycles. The van der Waals surface area contributed by atoms with E-state index in [1.807, 2.05) is 13.8 Å². The van der Waals surface area contributed by atoms with Crippen molar-refractivity contribution in [3.8, 4) is 0 Å². The van der Waals surface area contributed by atoms with Crippen molar-refractivity contribution in [1.82, 2.24) is 15.3 Å². The summed E-state index contributed by atoms with van der Waals surface area (Å²) < 4.78 is 0. The molecule has 2 rings (SSSR count). The second-order valence-electron chi connectivity index (χ2n) is 4.38. The fourth-order valence-electron chi connectivity index (χ4n) is 2.25. The number of hydrogen-bond donors (Lipinski definition) is 1. The van der Waals surface area contributed by atoms with Crippen LogP contribution in [0, 0.1) is 13.8 Å². The summed E-state index contributed by atoms with van der Waals surface area (Å²) in [7, 11) is 0. The van der Waals surface area contributed by atoms with Crippen LogP contribution in [0.3, 0.4) is 0 Å². The molecule has 2 heterocycles. The summed E-state index contributed by atoms with van der Waals surface area (Å²) in [6.45, 7) is 5.18. The highest BCUT2D eigenvalue weighted by molar-refractivity contribution is 5.09. The molecule has 82 valence electrons. The van der Waals surface area contributed by atoms with Crippen LogP contribution in [0.2, 0.25) is 0 Å². The lowest BCUT2D eigenvalue weighted by Crippen LogP contribution is -2.21. The Morgan fingerprint density at radius 3 is 2.93 bits per heavy atom. The molecule has 1 fully saturated rings. The lowest BCUT2D eigenvalue weighted by molar-refractivity contribution is 0.554. The van der Waals surface area contributed by atoms with E-state index in [0.717, 1.165) is 17.9 Å². The molecule has 1 atom stereocenters. The standard InChI is InChI=1S/C12H19N3/c1-9-8-12(15-10(2)14-9)6-5-11-4-3-7-13-11/h8,11,13H,3-7H2,1-2H3. The van der Waals surface area contributed by atoms with E-state index in [9.17, 15) is 0 Å². The van der Waals surface area contributed by atoms with Gasteiger partial charge in [0, 0.05) is 17.4 Å². The zero-order chi connectivity index (χ0) is 10.7. The minimum atomic E-state index is 0.709. The Balaban J connectivity index is 1.92. The Kier molecular flexibility index (Phi) is 3.31. The molecule has 0 bridgehead atoms. The maximum atomic E-state index is 4.46. The summed E-state index contributed by atoms with van der Waals surface area (Å²) in [6, 6.07) is 2.81. The monoisotopic (exact) mass is 205 g/mol. The lowest BCUT2D eigenvalue weighted by atomic mass is 10.1. The molecular weight excluding hydrogens is 186 g/mol. The second kappa shape index (κ2) is 4.71. The van der Waals surface area contributed by atoms with Crippen LogP contribution in [-0.2, 0) is 6.42 Å². The number of hydrogen-bond acceptors (Lipinski definition) is 3. The van der Waals surface area contributed by atoms with Gasteiger partial charge in [0.15, 0.2) is 0 Å². The van der Waals surface area contributed by atoms with Gasteiger partial charge in [0.2, 0.25) is 0 Å².